The third-order valence-electron chi connectivity index (χ3n) is 6.05. The zero-order valence-corrected chi connectivity index (χ0v) is 18.6. The molecule has 0 N–H and O–H groups in total. The molecule has 0 bridgehead atoms. The number of amides is 2. The maximum absolute atomic E-state index is 14.1. The Morgan fingerprint density at radius 2 is 2.06 bits per heavy atom. The third kappa shape index (κ3) is 4.93. The molecule has 0 saturated carbocycles. The van der Waals surface area contributed by atoms with Crippen molar-refractivity contribution in [2.24, 2.45) is 0 Å². The minimum Gasteiger partial charge on any atom is -0.493 e. The Morgan fingerprint density at radius 1 is 1.24 bits per heavy atom. The van der Waals surface area contributed by atoms with Crippen molar-refractivity contribution in [3.8, 4) is 11.5 Å². The fourth-order valence-electron chi connectivity index (χ4n) is 4.13. The molecule has 0 radical (unpaired) electrons. The molecule has 2 aromatic carbocycles. The number of rotatable bonds is 7. The highest BCUT2D eigenvalue weighted by atomic mass is 19.2. The first-order valence-electron chi connectivity index (χ1n) is 10.8. The van der Waals surface area contributed by atoms with Gasteiger partial charge in [0.05, 0.1) is 26.0 Å². The second-order valence-corrected chi connectivity index (χ2v) is 8.21. The largest absolute Gasteiger partial charge is 0.493 e. The minimum absolute atomic E-state index is 0.0489. The number of halogens is 2. The van der Waals surface area contributed by atoms with E-state index < -0.39 is 17.5 Å². The Balaban J connectivity index is 1.44. The molecule has 176 valence electrons. The standard InChI is InChI=1S/C24H26F2N2O5/c1-27(19-5-3-4-18(25)24(19)26)23(30)13-28-12-16(11-22(28)29)15-6-7-20(31-2)21(10-15)33-17-8-9-32-14-17/h3-7,10,16-17H,8-9,11-14H2,1-2H3/t16-,17-/m1/s1. The first kappa shape index (κ1) is 23.0. The van der Waals surface area contributed by atoms with E-state index in [9.17, 15) is 18.4 Å². The molecule has 9 heteroatoms. The maximum Gasteiger partial charge on any atom is 0.246 e. The molecule has 0 unspecified atom stereocenters. The summed E-state index contributed by atoms with van der Waals surface area (Å²) in [7, 11) is 2.93. The van der Waals surface area contributed by atoms with Crippen LogP contribution in [0.1, 0.15) is 24.3 Å². The summed E-state index contributed by atoms with van der Waals surface area (Å²) in [5, 5.41) is 0. The highest BCUT2D eigenvalue weighted by Gasteiger charge is 2.33. The molecule has 0 aliphatic carbocycles. The molecule has 2 atom stereocenters. The van der Waals surface area contributed by atoms with Crippen molar-refractivity contribution in [3.63, 3.8) is 0 Å². The van der Waals surface area contributed by atoms with E-state index in [1.165, 1.54) is 24.1 Å². The predicted octanol–water partition coefficient (Wildman–Crippen LogP) is 3.12. The summed E-state index contributed by atoms with van der Waals surface area (Å²) in [5.74, 6) is -1.76. The quantitative estimate of drug-likeness (QED) is 0.635. The van der Waals surface area contributed by atoms with Crippen molar-refractivity contribution in [1.82, 2.24) is 4.90 Å². The number of hydrogen-bond acceptors (Lipinski definition) is 5. The van der Waals surface area contributed by atoms with Crippen molar-refractivity contribution in [1.29, 1.82) is 0 Å². The summed E-state index contributed by atoms with van der Waals surface area (Å²) in [4.78, 5) is 27.8. The Bertz CT molecular complexity index is 1040. The van der Waals surface area contributed by atoms with E-state index in [4.69, 9.17) is 14.2 Å². The Kier molecular flexibility index (Phi) is 6.78. The van der Waals surface area contributed by atoms with Crippen LogP contribution < -0.4 is 14.4 Å². The van der Waals surface area contributed by atoms with Crippen LogP contribution in [-0.4, -0.2) is 63.3 Å². The molecule has 0 spiro atoms. The summed E-state index contributed by atoms with van der Waals surface area (Å²) in [6, 6.07) is 9.19. The van der Waals surface area contributed by atoms with Gasteiger partial charge in [-0.05, 0) is 29.8 Å². The number of nitrogens with zero attached hydrogens (tertiary/aromatic N) is 2. The van der Waals surface area contributed by atoms with Gasteiger partial charge in [-0.15, -0.1) is 0 Å². The van der Waals surface area contributed by atoms with Gasteiger partial charge in [0.2, 0.25) is 11.8 Å². The normalized spacial score (nSPS) is 20.2. The van der Waals surface area contributed by atoms with Gasteiger partial charge in [-0.1, -0.05) is 12.1 Å². The lowest BCUT2D eigenvalue weighted by molar-refractivity contribution is -0.132. The average molecular weight is 460 g/mol. The Hall–Kier alpha value is -3.20. The lowest BCUT2D eigenvalue weighted by atomic mass is 9.98. The van der Waals surface area contributed by atoms with Gasteiger partial charge in [-0.25, -0.2) is 8.78 Å². The van der Waals surface area contributed by atoms with Gasteiger partial charge in [0.1, 0.15) is 12.6 Å². The van der Waals surface area contributed by atoms with Gasteiger partial charge >= 0.3 is 0 Å². The van der Waals surface area contributed by atoms with E-state index in [0.29, 0.717) is 31.3 Å². The lowest BCUT2D eigenvalue weighted by Crippen LogP contribution is -2.39. The summed E-state index contributed by atoms with van der Waals surface area (Å²) in [5.41, 5.74) is 0.730. The predicted molar refractivity (Wildman–Crippen MR) is 117 cm³/mol. The zero-order chi connectivity index (χ0) is 23.5. The number of benzene rings is 2. The molecule has 0 aromatic heterocycles. The number of methoxy groups -OCH3 is 1. The molecule has 2 aliphatic rings. The molecule has 2 heterocycles. The van der Waals surface area contributed by atoms with E-state index in [1.807, 2.05) is 12.1 Å². The maximum atomic E-state index is 14.1. The molecule has 4 rings (SSSR count). The van der Waals surface area contributed by atoms with Crippen LogP contribution in [0.5, 0.6) is 11.5 Å². The molecule has 2 amide bonds. The number of likely N-dealkylation sites (tertiary alicyclic amines) is 1. The van der Waals surface area contributed by atoms with Crippen LogP contribution >= 0.6 is 0 Å². The van der Waals surface area contributed by atoms with Crippen molar-refractivity contribution in [2.45, 2.75) is 24.9 Å². The van der Waals surface area contributed by atoms with Crippen LogP contribution in [0.25, 0.3) is 0 Å². The summed E-state index contributed by atoms with van der Waals surface area (Å²) >= 11 is 0. The Morgan fingerprint density at radius 3 is 2.79 bits per heavy atom. The molecule has 7 nitrogen and oxygen atoms in total. The second-order valence-electron chi connectivity index (χ2n) is 8.21. The number of likely N-dealkylation sites (N-methyl/N-ethyl adjacent to an activating group) is 1. The number of anilines is 1. The monoisotopic (exact) mass is 460 g/mol. The van der Waals surface area contributed by atoms with Crippen LogP contribution in [-0.2, 0) is 14.3 Å². The average Bonchev–Trinajstić information content (AvgIpc) is 3.45. The van der Waals surface area contributed by atoms with Gasteiger partial charge in [-0.2, -0.15) is 0 Å². The van der Waals surface area contributed by atoms with Crippen LogP contribution in [0.3, 0.4) is 0 Å². The van der Waals surface area contributed by atoms with Crippen molar-refractivity contribution in [2.75, 3.05) is 45.4 Å². The van der Waals surface area contributed by atoms with Crippen LogP contribution in [0.4, 0.5) is 14.5 Å². The summed E-state index contributed by atoms with van der Waals surface area (Å²) in [6.07, 6.45) is 0.987. The van der Waals surface area contributed by atoms with E-state index in [0.717, 1.165) is 23.0 Å². The number of carbonyl (C=O) groups is 2. The van der Waals surface area contributed by atoms with Crippen LogP contribution in [0.15, 0.2) is 36.4 Å². The van der Waals surface area contributed by atoms with Gasteiger partial charge in [-0.3, -0.25) is 9.59 Å². The van der Waals surface area contributed by atoms with E-state index in [2.05, 4.69) is 0 Å². The third-order valence-corrected chi connectivity index (χ3v) is 6.05. The van der Waals surface area contributed by atoms with Crippen molar-refractivity contribution >= 4 is 17.5 Å². The van der Waals surface area contributed by atoms with E-state index in [-0.39, 0.29) is 36.6 Å². The fraction of sp³-hybridized carbons (Fsp3) is 0.417. The summed E-state index contributed by atoms with van der Waals surface area (Å²) in [6.45, 7) is 1.29. The molecular formula is C24H26F2N2O5. The first-order chi connectivity index (χ1) is 15.9. The Labute approximate surface area is 190 Å². The molecule has 2 fully saturated rings. The lowest BCUT2D eigenvalue weighted by Gasteiger charge is -2.22. The summed E-state index contributed by atoms with van der Waals surface area (Å²) < 4.78 is 44.4. The second kappa shape index (κ2) is 9.74. The van der Waals surface area contributed by atoms with Crippen molar-refractivity contribution < 1.29 is 32.6 Å². The highest BCUT2D eigenvalue weighted by Crippen LogP contribution is 2.36. The SMILES string of the molecule is COc1ccc([C@@H]2CC(=O)N(CC(=O)N(C)c3cccc(F)c3F)C2)cc1O[C@@H]1CCOC1. The molecular weight excluding hydrogens is 434 g/mol. The topological polar surface area (TPSA) is 68.3 Å². The number of ether oxygens (including phenoxy) is 3. The van der Waals surface area contributed by atoms with E-state index in [1.54, 1.807) is 13.2 Å². The number of carbonyl (C=O) groups excluding carboxylic acids is 2. The fourth-order valence-corrected chi connectivity index (χ4v) is 4.13. The van der Waals surface area contributed by atoms with Crippen LogP contribution in [0, 0.1) is 11.6 Å². The van der Waals surface area contributed by atoms with Gasteiger partial charge in [0.15, 0.2) is 23.1 Å². The smallest absolute Gasteiger partial charge is 0.246 e. The molecule has 2 aliphatic heterocycles. The molecule has 2 saturated heterocycles. The van der Waals surface area contributed by atoms with Gasteiger partial charge in [0.25, 0.3) is 0 Å². The number of hydrogen-bond donors (Lipinski definition) is 0. The highest BCUT2D eigenvalue weighted by molar-refractivity contribution is 5.96. The molecule has 2 aromatic rings. The van der Waals surface area contributed by atoms with Gasteiger partial charge < -0.3 is 24.0 Å². The van der Waals surface area contributed by atoms with Crippen LogP contribution in [0.2, 0.25) is 0 Å². The van der Waals surface area contributed by atoms with Crippen molar-refractivity contribution in [3.05, 3.63) is 53.6 Å². The molecule has 33 heavy (non-hydrogen) atoms. The zero-order valence-electron chi connectivity index (χ0n) is 18.6. The minimum atomic E-state index is -1.10. The van der Waals surface area contributed by atoms with Gasteiger partial charge in [0, 0.05) is 32.4 Å². The van der Waals surface area contributed by atoms with E-state index >= 15 is 0 Å². The first-order valence-corrected chi connectivity index (χ1v) is 10.8.